The molecule has 0 aromatic heterocycles. The maximum absolute atomic E-state index is 12.4. The molecule has 3 unspecified atom stereocenters. The van der Waals surface area contributed by atoms with E-state index in [1.54, 1.807) is 0 Å². The fourth-order valence-electron chi connectivity index (χ4n) is 4.28. The summed E-state index contributed by atoms with van der Waals surface area (Å²) >= 11 is 5.91. The lowest BCUT2D eigenvalue weighted by atomic mass is 10.1. The van der Waals surface area contributed by atoms with Crippen molar-refractivity contribution in [2.45, 2.75) is 51.4 Å². The number of likely N-dealkylation sites (tertiary alicyclic amines) is 1. The van der Waals surface area contributed by atoms with Crippen LogP contribution in [0.3, 0.4) is 0 Å². The minimum atomic E-state index is 0.125. The Hall–Kier alpha value is -1.14. The summed E-state index contributed by atoms with van der Waals surface area (Å²) in [5, 5.41) is 3.81. The van der Waals surface area contributed by atoms with E-state index in [0.717, 1.165) is 37.6 Å². The summed E-state index contributed by atoms with van der Waals surface area (Å²) in [5.74, 6) is 0.125. The van der Waals surface area contributed by atoms with Gasteiger partial charge in [0.25, 0.3) is 0 Å². The molecular formula is C21H32ClN3O2. The average Bonchev–Trinajstić information content (AvgIpc) is 3.02. The summed E-state index contributed by atoms with van der Waals surface area (Å²) < 4.78 is 5.83. The van der Waals surface area contributed by atoms with Crippen molar-refractivity contribution >= 4 is 17.5 Å². The normalized spacial score (nSPS) is 27.0. The molecule has 0 aliphatic carbocycles. The van der Waals surface area contributed by atoms with Gasteiger partial charge in [0, 0.05) is 37.2 Å². The number of ether oxygens (including phenoxy) is 1. The van der Waals surface area contributed by atoms with E-state index in [1.165, 1.54) is 18.4 Å². The Morgan fingerprint density at radius 3 is 2.63 bits per heavy atom. The van der Waals surface area contributed by atoms with Crippen LogP contribution in [-0.2, 0) is 16.0 Å². The Labute approximate surface area is 168 Å². The number of carbonyl (C=O) groups excluding carboxylic acids is 1. The van der Waals surface area contributed by atoms with Crippen LogP contribution in [0.1, 0.15) is 32.3 Å². The summed E-state index contributed by atoms with van der Waals surface area (Å²) in [7, 11) is 0. The average molecular weight is 394 g/mol. The van der Waals surface area contributed by atoms with E-state index < -0.39 is 0 Å². The number of hydrogen-bond acceptors (Lipinski definition) is 4. The molecule has 2 aliphatic heterocycles. The molecule has 1 aromatic carbocycles. The molecule has 0 bridgehead atoms. The van der Waals surface area contributed by atoms with E-state index in [9.17, 15) is 4.79 Å². The molecule has 1 aromatic rings. The zero-order valence-electron chi connectivity index (χ0n) is 16.5. The quantitative estimate of drug-likeness (QED) is 0.773. The Kier molecular flexibility index (Phi) is 7.53. The van der Waals surface area contributed by atoms with E-state index in [1.807, 2.05) is 24.3 Å². The standard InChI is InChI=1S/C21H32ClN3O2/c1-16-12-24(13-17(2)27-16)14-20-4-3-11-25(20)15-21(26)23-10-9-18-5-7-19(22)8-6-18/h5-8,16-17,20H,3-4,9-15H2,1-2H3,(H,23,26). The highest BCUT2D eigenvalue weighted by molar-refractivity contribution is 6.30. The van der Waals surface area contributed by atoms with Crippen molar-refractivity contribution in [2.75, 3.05) is 39.3 Å². The first-order valence-electron chi connectivity index (χ1n) is 10.1. The molecule has 0 radical (unpaired) electrons. The molecule has 3 rings (SSSR count). The van der Waals surface area contributed by atoms with Gasteiger partial charge in [0.05, 0.1) is 18.8 Å². The minimum Gasteiger partial charge on any atom is -0.373 e. The number of benzene rings is 1. The van der Waals surface area contributed by atoms with Crippen LogP contribution in [0.15, 0.2) is 24.3 Å². The van der Waals surface area contributed by atoms with Crippen molar-refractivity contribution in [3.63, 3.8) is 0 Å². The van der Waals surface area contributed by atoms with Crippen LogP contribution in [0.2, 0.25) is 5.02 Å². The molecule has 2 heterocycles. The van der Waals surface area contributed by atoms with Gasteiger partial charge in [-0.2, -0.15) is 0 Å². The van der Waals surface area contributed by atoms with Gasteiger partial charge in [-0.3, -0.25) is 14.6 Å². The third kappa shape index (κ3) is 6.46. The fraction of sp³-hybridized carbons (Fsp3) is 0.667. The van der Waals surface area contributed by atoms with Crippen molar-refractivity contribution < 1.29 is 9.53 Å². The molecule has 27 heavy (non-hydrogen) atoms. The Morgan fingerprint density at radius 2 is 1.93 bits per heavy atom. The number of carbonyl (C=O) groups is 1. The number of rotatable bonds is 7. The van der Waals surface area contributed by atoms with Gasteiger partial charge in [0.15, 0.2) is 0 Å². The molecule has 150 valence electrons. The van der Waals surface area contributed by atoms with Crippen molar-refractivity contribution in [1.29, 1.82) is 0 Å². The first-order valence-corrected chi connectivity index (χ1v) is 10.5. The van der Waals surface area contributed by atoms with Crippen LogP contribution in [0.5, 0.6) is 0 Å². The second-order valence-corrected chi connectivity index (χ2v) is 8.41. The van der Waals surface area contributed by atoms with E-state index >= 15 is 0 Å². The zero-order valence-corrected chi connectivity index (χ0v) is 17.3. The topological polar surface area (TPSA) is 44.8 Å². The number of morpholine rings is 1. The Balaban J connectivity index is 1.40. The van der Waals surface area contributed by atoms with Gasteiger partial charge in [-0.15, -0.1) is 0 Å². The van der Waals surface area contributed by atoms with Gasteiger partial charge in [0.1, 0.15) is 0 Å². The number of amides is 1. The molecule has 2 fully saturated rings. The summed E-state index contributed by atoms with van der Waals surface area (Å²) in [6, 6.07) is 8.27. The van der Waals surface area contributed by atoms with Crippen LogP contribution in [0, 0.1) is 0 Å². The monoisotopic (exact) mass is 393 g/mol. The first kappa shape index (κ1) is 20.6. The van der Waals surface area contributed by atoms with E-state index in [2.05, 4.69) is 29.0 Å². The maximum Gasteiger partial charge on any atom is 0.234 e. The van der Waals surface area contributed by atoms with Crippen LogP contribution in [0.4, 0.5) is 0 Å². The maximum atomic E-state index is 12.4. The van der Waals surface area contributed by atoms with Gasteiger partial charge in [-0.25, -0.2) is 0 Å². The van der Waals surface area contributed by atoms with Crippen molar-refractivity contribution in [3.8, 4) is 0 Å². The van der Waals surface area contributed by atoms with Crippen LogP contribution in [0.25, 0.3) is 0 Å². The van der Waals surface area contributed by atoms with Gasteiger partial charge >= 0.3 is 0 Å². The predicted octanol–water partition coefficient (Wildman–Crippen LogP) is 2.57. The van der Waals surface area contributed by atoms with Crippen molar-refractivity contribution in [1.82, 2.24) is 15.1 Å². The second kappa shape index (κ2) is 9.87. The first-order chi connectivity index (χ1) is 13.0. The zero-order chi connectivity index (χ0) is 19.2. The number of hydrogen-bond donors (Lipinski definition) is 1. The SMILES string of the molecule is CC1CN(CC2CCCN2CC(=O)NCCc2ccc(Cl)cc2)CC(C)O1. The van der Waals surface area contributed by atoms with E-state index in [4.69, 9.17) is 16.3 Å². The van der Waals surface area contributed by atoms with Crippen LogP contribution >= 0.6 is 11.6 Å². The largest absolute Gasteiger partial charge is 0.373 e. The molecule has 1 amide bonds. The number of nitrogens with one attached hydrogen (secondary N) is 1. The van der Waals surface area contributed by atoms with Crippen LogP contribution < -0.4 is 5.32 Å². The lowest BCUT2D eigenvalue weighted by Gasteiger charge is -2.38. The van der Waals surface area contributed by atoms with Crippen molar-refractivity contribution in [2.24, 2.45) is 0 Å². The summed E-state index contributed by atoms with van der Waals surface area (Å²) in [5.41, 5.74) is 1.19. The smallest absolute Gasteiger partial charge is 0.234 e. The molecule has 5 nitrogen and oxygen atoms in total. The third-order valence-electron chi connectivity index (χ3n) is 5.46. The van der Waals surface area contributed by atoms with Crippen LogP contribution in [-0.4, -0.2) is 73.2 Å². The van der Waals surface area contributed by atoms with Gasteiger partial charge in [0.2, 0.25) is 5.91 Å². The lowest BCUT2D eigenvalue weighted by molar-refractivity contribution is -0.122. The molecule has 0 saturated carbocycles. The highest BCUT2D eigenvalue weighted by atomic mass is 35.5. The lowest BCUT2D eigenvalue weighted by Crippen LogP contribution is -2.51. The highest BCUT2D eigenvalue weighted by Gasteiger charge is 2.30. The minimum absolute atomic E-state index is 0.125. The summed E-state index contributed by atoms with van der Waals surface area (Å²) in [6.07, 6.45) is 3.77. The number of halogens is 1. The van der Waals surface area contributed by atoms with Gasteiger partial charge in [-0.05, 0) is 57.4 Å². The molecule has 2 saturated heterocycles. The van der Waals surface area contributed by atoms with E-state index in [-0.39, 0.29) is 5.91 Å². The van der Waals surface area contributed by atoms with Gasteiger partial charge in [-0.1, -0.05) is 23.7 Å². The Bertz CT molecular complexity index is 600. The molecule has 2 aliphatic rings. The molecular weight excluding hydrogens is 362 g/mol. The fourth-order valence-corrected chi connectivity index (χ4v) is 4.41. The summed E-state index contributed by atoms with van der Waals surface area (Å²) in [6.45, 7) is 9.48. The molecule has 6 heteroatoms. The molecule has 1 N–H and O–H groups in total. The van der Waals surface area contributed by atoms with E-state index in [0.29, 0.717) is 31.3 Å². The molecule has 3 atom stereocenters. The highest BCUT2D eigenvalue weighted by Crippen LogP contribution is 2.20. The second-order valence-electron chi connectivity index (χ2n) is 7.97. The molecule has 0 spiro atoms. The predicted molar refractivity (Wildman–Crippen MR) is 109 cm³/mol. The van der Waals surface area contributed by atoms with Gasteiger partial charge < -0.3 is 10.1 Å². The summed E-state index contributed by atoms with van der Waals surface area (Å²) in [4.78, 5) is 17.2. The van der Waals surface area contributed by atoms with Crippen molar-refractivity contribution in [3.05, 3.63) is 34.9 Å². The third-order valence-corrected chi connectivity index (χ3v) is 5.71. The number of nitrogens with zero attached hydrogens (tertiary/aromatic N) is 2. The Morgan fingerprint density at radius 1 is 1.22 bits per heavy atom.